The van der Waals surface area contributed by atoms with E-state index >= 15 is 0 Å². The van der Waals surface area contributed by atoms with Crippen LogP contribution in [0.5, 0.6) is 11.5 Å². The molecule has 8 nitrogen and oxygen atoms in total. The number of hydrogen-bond acceptors (Lipinski definition) is 8. The number of ether oxygens (including phenoxy) is 2. The number of aryl methyl sites for hydroxylation is 2. The summed E-state index contributed by atoms with van der Waals surface area (Å²) in [4.78, 5) is 22.1. The summed E-state index contributed by atoms with van der Waals surface area (Å²) in [6, 6.07) is 9.67. The molecule has 4 rings (SSSR count). The Labute approximate surface area is 204 Å². The van der Waals surface area contributed by atoms with Crippen LogP contribution in [0.3, 0.4) is 0 Å². The second-order valence-electron chi connectivity index (χ2n) is 8.21. The highest BCUT2D eigenvalue weighted by molar-refractivity contribution is 7.98. The molecule has 0 aliphatic carbocycles. The number of aromatic nitrogens is 2. The molecule has 0 bridgehead atoms. The number of rotatable bonds is 8. The van der Waals surface area contributed by atoms with Gasteiger partial charge in [-0.05, 0) is 43.7 Å². The fourth-order valence-corrected chi connectivity index (χ4v) is 5.17. The fraction of sp³-hybridized carbons (Fsp3) is 0.400. The maximum atomic E-state index is 13.3. The van der Waals surface area contributed by atoms with E-state index in [1.54, 1.807) is 32.2 Å². The van der Waals surface area contributed by atoms with Crippen molar-refractivity contribution in [2.45, 2.75) is 31.2 Å². The quantitative estimate of drug-likeness (QED) is 0.447. The molecule has 34 heavy (non-hydrogen) atoms. The van der Waals surface area contributed by atoms with E-state index in [0.29, 0.717) is 24.4 Å². The molecule has 3 heterocycles. The van der Waals surface area contributed by atoms with Gasteiger partial charge in [0.05, 0.1) is 25.5 Å². The number of pyridine rings is 1. The van der Waals surface area contributed by atoms with Gasteiger partial charge in [-0.2, -0.15) is 0 Å². The lowest BCUT2D eigenvalue weighted by Crippen LogP contribution is -2.48. The van der Waals surface area contributed by atoms with E-state index in [2.05, 4.69) is 21.1 Å². The van der Waals surface area contributed by atoms with Crippen LogP contribution in [0.25, 0.3) is 0 Å². The molecule has 3 aromatic rings. The van der Waals surface area contributed by atoms with Gasteiger partial charge < -0.3 is 18.9 Å². The largest absolute Gasteiger partial charge is 0.493 e. The first-order valence-electron chi connectivity index (χ1n) is 11.2. The number of benzene rings is 1. The molecule has 0 atom stereocenters. The standard InChI is InChI=1S/C25H30N4O4S/c1-17-21(18(2)33-27-17)16-34-24-20(6-5-9-26-24)25(30)29-12-10-28(11-13-29)15-19-7-8-22(31-3)23(14-19)32-4/h5-9,14H,10-13,15-16H2,1-4H3. The van der Waals surface area contributed by atoms with Crippen molar-refractivity contribution in [3.05, 3.63) is 64.7 Å². The summed E-state index contributed by atoms with van der Waals surface area (Å²) >= 11 is 1.54. The van der Waals surface area contributed by atoms with Gasteiger partial charge in [-0.15, -0.1) is 11.8 Å². The number of piperazine rings is 1. The first-order chi connectivity index (χ1) is 16.5. The minimum absolute atomic E-state index is 0.0279. The van der Waals surface area contributed by atoms with E-state index in [9.17, 15) is 4.79 Å². The van der Waals surface area contributed by atoms with E-state index in [1.165, 1.54) is 0 Å². The second kappa shape index (κ2) is 10.9. The highest BCUT2D eigenvalue weighted by Crippen LogP contribution is 2.29. The fourth-order valence-electron chi connectivity index (χ4n) is 4.03. The molecule has 9 heteroatoms. The number of carbonyl (C=O) groups is 1. The van der Waals surface area contributed by atoms with Crippen molar-refractivity contribution in [1.82, 2.24) is 19.9 Å². The molecule has 2 aromatic heterocycles. The Morgan fingerprint density at radius 1 is 1.09 bits per heavy atom. The van der Waals surface area contributed by atoms with E-state index in [-0.39, 0.29) is 5.91 Å². The smallest absolute Gasteiger partial charge is 0.256 e. The summed E-state index contributed by atoms with van der Waals surface area (Å²) < 4.78 is 16.0. The number of carbonyl (C=O) groups excluding carboxylic acids is 1. The molecule has 0 N–H and O–H groups in total. The molecule has 1 aliphatic rings. The minimum atomic E-state index is 0.0279. The third-order valence-electron chi connectivity index (χ3n) is 6.05. The number of hydrogen-bond donors (Lipinski definition) is 0. The number of thioether (sulfide) groups is 1. The molecule has 180 valence electrons. The van der Waals surface area contributed by atoms with Crippen molar-refractivity contribution in [3.63, 3.8) is 0 Å². The third kappa shape index (κ3) is 5.37. The summed E-state index contributed by atoms with van der Waals surface area (Å²) in [5.74, 6) is 2.95. The maximum Gasteiger partial charge on any atom is 0.256 e. The first kappa shape index (κ1) is 24.1. The van der Waals surface area contributed by atoms with Crippen molar-refractivity contribution in [3.8, 4) is 11.5 Å². The molecule has 0 spiro atoms. The Bertz CT molecular complexity index is 1120. The topological polar surface area (TPSA) is 80.9 Å². The van der Waals surface area contributed by atoms with Gasteiger partial charge in [-0.25, -0.2) is 4.98 Å². The number of nitrogens with zero attached hydrogens (tertiary/aromatic N) is 4. The molecule has 1 aliphatic heterocycles. The van der Waals surface area contributed by atoms with Crippen LogP contribution in [0.1, 0.15) is 32.9 Å². The molecule has 0 saturated carbocycles. The van der Waals surface area contributed by atoms with E-state index < -0.39 is 0 Å². The van der Waals surface area contributed by atoms with Crippen LogP contribution in [-0.2, 0) is 12.3 Å². The van der Waals surface area contributed by atoms with Crippen molar-refractivity contribution < 1.29 is 18.8 Å². The monoisotopic (exact) mass is 482 g/mol. The van der Waals surface area contributed by atoms with Crippen molar-refractivity contribution >= 4 is 17.7 Å². The van der Waals surface area contributed by atoms with Gasteiger partial charge in [0.2, 0.25) is 0 Å². The zero-order valence-electron chi connectivity index (χ0n) is 20.0. The second-order valence-corrected chi connectivity index (χ2v) is 9.17. The minimum Gasteiger partial charge on any atom is -0.493 e. The number of methoxy groups -OCH3 is 2. The van der Waals surface area contributed by atoms with Crippen LogP contribution in [0.2, 0.25) is 0 Å². The van der Waals surface area contributed by atoms with Gasteiger partial charge in [0.25, 0.3) is 5.91 Å². The van der Waals surface area contributed by atoms with E-state index in [1.807, 2.05) is 43.0 Å². The first-order valence-corrected chi connectivity index (χ1v) is 12.2. The predicted octanol–water partition coefficient (Wildman–Crippen LogP) is 3.95. The summed E-state index contributed by atoms with van der Waals surface area (Å²) in [5, 5.41) is 4.75. The Kier molecular flexibility index (Phi) is 7.74. The maximum absolute atomic E-state index is 13.3. The van der Waals surface area contributed by atoms with Crippen LogP contribution >= 0.6 is 11.8 Å². The molecule has 0 unspecified atom stereocenters. The highest BCUT2D eigenvalue weighted by atomic mass is 32.2. The van der Waals surface area contributed by atoms with Gasteiger partial charge in [-0.1, -0.05) is 11.2 Å². The highest BCUT2D eigenvalue weighted by Gasteiger charge is 2.25. The van der Waals surface area contributed by atoms with Gasteiger partial charge >= 0.3 is 0 Å². The lowest BCUT2D eigenvalue weighted by Gasteiger charge is -2.35. The van der Waals surface area contributed by atoms with Gasteiger partial charge in [-0.3, -0.25) is 9.69 Å². The lowest BCUT2D eigenvalue weighted by molar-refractivity contribution is 0.0624. The SMILES string of the molecule is COc1ccc(CN2CCN(C(=O)c3cccnc3SCc3c(C)noc3C)CC2)cc1OC. The zero-order chi connectivity index (χ0) is 24.1. The summed E-state index contributed by atoms with van der Waals surface area (Å²) in [5.41, 5.74) is 3.73. The predicted molar refractivity (Wildman–Crippen MR) is 131 cm³/mol. The van der Waals surface area contributed by atoms with Gasteiger partial charge in [0.1, 0.15) is 10.8 Å². The third-order valence-corrected chi connectivity index (χ3v) is 7.08. The molecule has 1 amide bonds. The molecule has 1 aromatic carbocycles. The summed E-state index contributed by atoms with van der Waals surface area (Å²) in [7, 11) is 3.28. The summed E-state index contributed by atoms with van der Waals surface area (Å²) in [6.45, 7) is 7.60. The lowest BCUT2D eigenvalue weighted by atomic mass is 10.1. The average Bonchev–Trinajstić information content (AvgIpc) is 3.19. The molecular formula is C25H30N4O4S. The van der Waals surface area contributed by atoms with Gasteiger partial charge in [0.15, 0.2) is 11.5 Å². The normalized spacial score (nSPS) is 14.3. The molecule has 1 saturated heterocycles. The Morgan fingerprint density at radius 3 is 2.53 bits per heavy atom. The van der Waals surface area contributed by atoms with Crippen LogP contribution in [0, 0.1) is 13.8 Å². The van der Waals surface area contributed by atoms with Crippen LogP contribution in [0.4, 0.5) is 0 Å². The van der Waals surface area contributed by atoms with E-state index in [0.717, 1.165) is 58.7 Å². The van der Waals surface area contributed by atoms with Crippen molar-refractivity contribution in [2.75, 3.05) is 40.4 Å². The van der Waals surface area contributed by atoms with Crippen LogP contribution in [-0.4, -0.2) is 66.2 Å². The Balaban J connectivity index is 1.36. The average molecular weight is 483 g/mol. The van der Waals surface area contributed by atoms with Crippen molar-refractivity contribution in [2.24, 2.45) is 0 Å². The van der Waals surface area contributed by atoms with Crippen LogP contribution in [0.15, 0.2) is 46.1 Å². The molecular weight excluding hydrogens is 452 g/mol. The van der Waals surface area contributed by atoms with E-state index in [4.69, 9.17) is 14.0 Å². The zero-order valence-corrected chi connectivity index (χ0v) is 20.9. The molecule has 0 radical (unpaired) electrons. The Hall–Kier alpha value is -3.04. The summed E-state index contributed by atoms with van der Waals surface area (Å²) in [6.07, 6.45) is 1.73. The Morgan fingerprint density at radius 2 is 1.85 bits per heavy atom. The van der Waals surface area contributed by atoms with Gasteiger partial charge in [0, 0.05) is 50.2 Å². The van der Waals surface area contributed by atoms with Crippen molar-refractivity contribution in [1.29, 1.82) is 0 Å². The molecule has 1 fully saturated rings. The number of amides is 1. The van der Waals surface area contributed by atoms with Crippen LogP contribution < -0.4 is 9.47 Å².